The summed E-state index contributed by atoms with van der Waals surface area (Å²) in [6, 6.07) is 9.03. The van der Waals surface area contributed by atoms with Crippen molar-refractivity contribution in [3.05, 3.63) is 91.1 Å². The molecule has 0 N–H and O–H groups in total. The zero-order valence-corrected chi connectivity index (χ0v) is 17.1. The van der Waals surface area contributed by atoms with Crippen LogP contribution in [0.25, 0.3) is 0 Å². The van der Waals surface area contributed by atoms with E-state index in [0.717, 1.165) is 6.42 Å². The van der Waals surface area contributed by atoms with Crippen molar-refractivity contribution in [2.75, 3.05) is 0 Å². The molecule has 0 saturated heterocycles. The molecule has 0 fully saturated rings. The Bertz CT molecular complexity index is 648. The lowest BCUT2D eigenvalue weighted by molar-refractivity contribution is -0.128. The van der Waals surface area contributed by atoms with Crippen molar-refractivity contribution in [3.63, 3.8) is 0 Å². The molecule has 0 aliphatic rings. The second-order valence-corrected chi connectivity index (χ2v) is 6.59. The van der Waals surface area contributed by atoms with Crippen LogP contribution in [0.4, 0.5) is 0 Å². The first-order chi connectivity index (χ1) is 13.8. The Balaban J connectivity index is 2.06. The quantitative estimate of drug-likeness (QED) is 0.110. The summed E-state index contributed by atoms with van der Waals surface area (Å²) in [7, 11) is 0. The van der Waals surface area contributed by atoms with Gasteiger partial charge in [-0.3, -0.25) is 0 Å². The number of allylic oxidation sites excluding steroid dienone is 9. The van der Waals surface area contributed by atoms with E-state index in [0.29, 0.717) is 5.75 Å². The lowest BCUT2D eigenvalue weighted by Crippen LogP contribution is -2.02. The minimum Gasteiger partial charge on any atom is -0.423 e. The highest BCUT2D eigenvalue weighted by Gasteiger charge is 1.97. The number of esters is 1. The normalized spacial score (nSPS) is 12.3. The topological polar surface area (TPSA) is 26.3 Å². The van der Waals surface area contributed by atoms with Gasteiger partial charge in [-0.15, -0.1) is 0 Å². The number of hydrogen-bond acceptors (Lipinski definition) is 2. The first-order valence-electron chi connectivity index (χ1n) is 10.4. The van der Waals surface area contributed by atoms with Crippen LogP contribution in [0.2, 0.25) is 0 Å². The molecule has 0 unspecified atom stereocenters. The molecular weight excluding hydrogens is 344 g/mol. The van der Waals surface area contributed by atoms with Crippen LogP contribution in [0.1, 0.15) is 58.3 Å². The van der Waals surface area contributed by atoms with E-state index in [1.807, 2.05) is 48.6 Å². The summed E-state index contributed by atoms with van der Waals surface area (Å²) in [5.41, 5.74) is 0. The summed E-state index contributed by atoms with van der Waals surface area (Å²) < 4.78 is 5.15. The van der Waals surface area contributed by atoms with Gasteiger partial charge in [-0.25, -0.2) is 4.79 Å². The molecule has 1 aromatic carbocycles. The van der Waals surface area contributed by atoms with Crippen LogP contribution in [-0.2, 0) is 4.79 Å². The Morgan fingerprint density at radius 2 is 1.32 bits per heavy atom. The van der Waals surface area contributed by atoms with E-state index >= 15 is 0 Å². The fourth-order valence-electron chi connectivity index (χ4n) is 2.55. The molecule has 150 valence electrons. The molecule has 0 spiro atoms. The molecule has 2 heteroatoms. The highest BCUT2D eigenvalue weighted by Crippen LogP contribution is 2.09. The van der Waals surface area contributed by atoms with Crippen molar-refractivity contribution in [1.82, 2.24) is 0 Å². The van der Waals surface area contributed by atoms with Gasteiger partial charge in [0.1, 0.15) is 5.75 Å². The Morgan fingerprint density at radius 3 is 2.00 bits per heavy atom. The monoisotopic (exact) mass is 378 g/mol. The van der Waals surface area contributed by atoms with Crippen molar-refractivity contribution in [2.24, 2.45) is 0 Å². The van der Waals surface area contributed by atoms with Gasteiger partial charge in [0.2, 0.25) is 0 Å². The van der Waals surface area contributed by atoms with E-state index in [-0.39, 0.29) is 5.97 Å². The minimum atomic E-state index is -0.383. The van der Waals surface area contributed by atoms with E-state index in [9.17, 15) is 4.79 Å². The lowest BCUT2D eigenvalue weighted by Gasteiger charge is -1.98. The van der Waals surface area contributed by atoms with E-state index in [4.69, 9.17) is 4.74 Å². The van der Waals surface area contributed by atoms with E-state index in [1.54, 1.807) is 24.3 Å². The van der Waals surface area contributed by atoms with Crippen molar-refractivity contribution in [3.8, 4) is 5.75 Å². The molecule has 1 rings (SSSR count). The molecule has 0 aliphatic carbocycles. The third-order valence-electron chi connectivity index (χ3n) is 4.08. The smallest absolute Gasteiger partial charge is 0.336 e. The van der Waals surface area contributed by atoms with Crippen LogP contribution in [0.15, 0.2) is 91.1 Å². The SMILES string of the molecule is CCCCCCCCC\C=C/C=C\C=C\C=C/C=C/C(=O)Oc1ccccc1. The van der Waals surface area contributed by atoms with Gasteiger partial charge in [-0.05, 0) is 25.0 Å². The first-order valence-corrected chi connectivity index (χ1v) is 10.4. The van der Waals surface area contributed by atoms with Gasteiger partial charge in [0.15, 0.2) is 0 Å². The lowest BCUT2D eigenvalue weighted by atomic mass is 10.1. The summed E-state index contributed by atoms with van der Waals surface area (Å²) >= 11 is 0. The fourth-order valence-corrected chi connectivity index (χ4v) is 2.55. The van der Waals surface area contributed by atoms with Gasteiger partial charge >= 0.3 is 5.97 Å². The zero-order chi connectivity index (χ0) is 20.1. The Morgan fingerprint density at radius 1 is 0.750 bits per heavy atom. The van der Waals surface area contributed by atoms with Crippen molar-refractivity contribution < 1.29 is 9.53 Å². The molecule has 28 heavy (non-hydrogen) atoms. The average molecular weight is 379 g/mol. The summed E-state index contributed by atoms with van der Waals surface area (Å²) in [5, 5.41) is 0. The van der Waals surface area contributed by atoms with E-state index < -0.39 is 0 Å². The van der Waals surface area contributed by atoms with Crippen molar-refractivity contribution in [1.29, 1.82) is 0 Å². The number of carbonyl (C=O) groups is 1. The van der Waals surface area contributed by atoms with Gasteiger partial charge in [-0.2, -0.15) is 0 Å². The molecule has 0 saturated carbocycles. The third-order valence-corrected chi connectivity index (χ3v) is 4.08. The van der Waals surface area contributed by atoms with Crippen LogP contribution in [-0.4, -0.2) is 5.97 Å². The van der Waals surface area contributed by atoms with Gasteiger partial charge in [0.25, 0.3) is 0 Å². The molecule has 0 heterocycles. The Kier molecular flexibility index (Phi) is 14.9. The predicted octanol–water partition coefficient (Wildman–Crippen LogP) is 7.51. The van der Waals surface area contributed by atoms with Gasteiger partial charge in [-0.1, -0.05) is 118 Å². The number of carbonyl (C=O) groups excluding carboxylic acids is 1. The van der Waals surface area contributed by atoms with Crippen molar-refractivity contribution >= 4 is 5.97 Å². The van der Waals surface area contributed by atoms with Crippen LogP contribution < -0.4 is 4.74 Å². The number of para-hydroxylation sites is 1. The third kappa shape index (κ3) is 14.5. The zero-order valence-electron chi connectivity index (χ0n) is 17.1. The highest BCUT2D eigenvalue weighted by molar-refractivity contribution is 5.84. The first kappa shape index (κ1) is 23.4. The molecule has 0 bridgehead atoms. The molecule has 1 aromatic rings. The summed E-state index contributed by atoms with van der Waals surface area (Å²) in [5.74, 6) is 0.164. The van der Waals surface area contributed by atoms with Crippen LogP contribution in [0.3, 0.4) is 0 Å². The van der Waals surface area contributed by atoms with Crippen LogP contribution in [0.5, 0.6) is 5.75 Å². The van der Waals surface area contributed by atoms with Crippen molar-refractivity contribution in [2.45, 2.75) is 58.3 Å². The van der Waals surface area contributed by atoms with E-state index in [1.165, 1.54) is 51.0 Å². The number of hydrogen-bond donors (Lipinski definition) is 0. The number of rotatable bonds is 14. The summed E-state index contributed by atoms with van der Waals surface area (Å²) in [6.07, 6.45) is 29.6. The average Bonchev–Trinajstić information content (AvgIpc) is 2.71. The molecule has 0 atom stereocenters. The molecule has 0 radical (unpaired) electrons. The fraction of sp³-hybridized carbons (Fsp3) is 0.346. The molecule has 0 amide bonds. The second kappa shape index (κ2) is 17.8. The Labute approximate surface area is 171 Å². The van der Waals surface area contributed by atoms with E-state index in [2.05, 4.69) is 19.1 Å². The highest BCUT2D eigenvalue weighted by atomic mass is 16.5. The largest absolute Gasteiger partial charge is 0.423 e. The summed E-state index contributed by atoms with van der Waals surface area (Å²) in [4.78, 5) is 11.6. The number of ether oxygens (including phenoxy) is 1. The van der Waals surface area contributed by atoms with Gasteiger partial charge in [0.05, 0.1) is 0 Å². The molecule has 2 nitrogen and oxygen atoms in total. The maximum absolute atomic E-state index is 11.6. The number of unbranched alkanes of at least 4 members (excludes halogenated alkanes) is 7. The number of benzene rings is 1. The molecule has 0 aliphatic heterocycles. The molecule has 0 aromatic heterocycles. The van der Waals surface area contributed by atoms with Gasteiger partial charge in [0, 0.05) is 6.08 Å². The predicted molar refractivity (Wildman–Crippen MR) is 120 cm³/mol. The molecular formula is C26H34O2. The standard InChI is InChI=1S/C26H34O2/c1-2-3-4-5-6-7-8-9-10-11-12-13-14-15-16-17-21-24-26(27)28-25-22-19-18-20-23-25/h10-24H,2-9H2,1H3/b11-10-,13-12-,15-14+,17-16-,24-21+. The summed E-state index contributed by atoms with van der Waals surface area (Å²) in [6.45, 7) is 2.26. The van der Waals surface area contributed by atoms with Gasteiger partial charge < -0.3 is 4.74 Å². The Hall–Kier alpha value is -2.61. The van der Waals surface area contributed by atoms with Crippen LogP contribution in [0, 0.1) is 0 Å². The minimum absolute atomic E-state index is 0.383. The van der Waals surface area contributed by atoms with Crippen LogP contribution >= 0.6 is 0 Å². The maximum atomic E-state index is 11.6. The second-order valence-electron chi connectivity index (χ2n) is 6.59. The maximum Gasteiger partial charge on any atom is 0.336 e.